The summed E-state index contributed by atoms with van der Waals surface area (Å²) in [6.07, 6.45) is -0.600. The summed E-state index contributed by atoms with van der Waals surface area (Å²) in [7, 11) is -4.36. The van der Waals surface area contributed by atoms with E-state index in [0.29, 0.717) is 10.4 Å². The molecule has 0 spiro atoms. The lowest BCUT2D eigenvalue weighted by atomic mass is 10.3. The molecule has 24 heavy (non-hydrogen) atoms. The first-order valence-corrected chi connectivity index (χ1v) is 8.11. The van der Waals surface area contributed by atoms with Gasteiger partial charge in [0.25, 0.3) is 10.0 Å². The number of halogens is 3. The lowest BCUT2D eigenvalue weighted by molar-refractivity contribution is -0.136. The third-order valence-corrected chi connectivity index (χ3v) is 4.94. The molecule has 128 valence electrons. The molecule has 0 bridgehead atoms. The molecule has 0 amide bonds. The average Bonchev–Trinajstić information content (AvgIpc) is 2.49. The Hall–Kier alpha value is -2.55. The maximum atomic E-state index is 14.0. The van der Waals surface area contributed by atoms with E-state index >= 15 is 0 Å². The van der Waals surface area contributed by atoms with Gasteiger partial charge in [-0.2, -0.15) is 0 Å². The summed E-state index contributed by atoms with van der Waals surface area (Å²) in [5.74, 6) is -4.03. The van der Waals surface area contributed by atoms with Gasteiger partial charge in [0.1, 0.15) is 17.5 Å². The van der Waals surface area contributed by atoms with Crippen LogP contribution in [0.4, 0.5) is 18.9 Å². The Bertz CT molecular complexity index is 854. The van der Waals surface area contributed by atoms with Crippen molar-refractivity contribution in [3.63, 3.8) is 0 Å². The van der Waals surface area contributed by atoms with Crippen molar-refractivity contribution in [3.05, 3.63) is 59.9 Å². The zero-order valence-corrected chi connectivity index (χ0v) is 12.9. The van der Waals surface area contributed by atoms with Crippen molar-refractivity contribution in [2.45, 2.75) is 11.3 Å². The molecule has 2 aromatic carbocycles. The third kappa shape index (κ3) is 3.85. The predicted molar refractivity (Wildman–Crippen MR) is 79.5 cm³/mol. The number of benzene rings is 2. The second-order valence-electron chi connectivity index (χ2n) is 4.77. The normalized spacial score (nSPS) is 11.3. The van der Waals surface area contributed by atoms with Crippen molar-refractivity contribution in [2.75, 3.05) is 10.8 Å². The van der Waals surface area contributed by atoms with Gasteiger partial charge < -0.3 is 5.11 Å². The average molecular weight is 359 g/mol. The van der Waals surface area contributed by atoms with E-state index in [-0.39, 0.29) is 4.90 Å². The number of anilines is 1. The molecule has 9 heteroatoms. The topological polar surface area (TPSA) is 74.7 Å². The Labute approximate surface area is 136 Å². The Morgan fingerprint density at radius 1 is 1.00 bits per heavy atom. The van der Waals surface area contributed by atoms with Crippen LogP contribution in [0.1, 0.15) is 6.42 Å². The molecule has 0 atom stereocenters. The van der Waals surface area contributed by atoms with Gasteiger partial charge in [-0.05, 0) is 36.4 Å². The predicted octanol–water partition coefficient (Wildman–Crippen LogP) is 2.77. The van der Waals surface area contributed by atoms with Gasteiger partial charge in [0.2, 0.25) is 0 Å². The largest absolute Gasteiger partial charge is 0.481 e. The second-order valence-corrected chi connectivity index (χ2v) is 6.63. The van der Waals surface area contributed by atoms with Gasteiger partial charge in [-0.1, -0.05) is 0 Å². The minimum atomic E-state index is -4.36. The molecule has 5 nitrogen and oxygen atoms in total. The summed E-state index contributed by atoms with van der Waals surface area (Å²) in [5.41, 5.74) is -0.498. The Kier molecular flexibility index (Phi) is 5.13. The van der Waals surface area contributed by atoms with Crippen LogP contribution < -0.4 is 4.31 Å². The zero-order chi connectivity index (χ0) is 17.9. The number of carboxylic acids is 1. The molecular weight excluding hydrogens is 347 g/mol. The van der Waals surface area contributed by atoms with Crippen LogP contribution in [0.15, 0.2) is 47.4 Å². The van der Waals surface area contributed by atoms with E-state index in [0.717, 1.165) is 36.4 Å². The number of hydrogen-bond acceptors (Lipinski definition) is 3. The van der Waals surface area contributed by atoms with Crippen molar-refractivity contribution in [3.8, 4) is 0 Å². The summed E-state index contributed by atoms with van der Waals surface area (Å²) in [4.78, 5) is 10.4. The molecule has 2 aromatic rings. The zero-order valence-electron chi connectivity index (χ0n) is 12.1. The second kappa shape index (κ2) is 6.91. The fourth-order valence-corrected chi connectivity index (χ4v) is 3.46. The molecule has 0 aromatic heterocycles. The van der Waals surface area contributed by atoms with Gasteiger partial charge in [0.15, 0.2) is 0 Å². The van der Waals surface area contributed by atoms with Gasteiger partial charge in [-0.3, -0.25) is 9.10 Å². The van der Waals surface area contributed by atoms with Crippen molar-refractivity contribution in [2.24, 2.45) is 0 Å². The molecule has 0 radical (unpaired) electrons. The van der Waals surface area contributed by atoms with Crippen LogP contribution in [-0.4, -0.2) is 26.0 Å². The summed E-state index contributed by atoms with van der Waals surface area (Å²) in [5, 5.41) is 8.77. The molecule has 0 saturated heterocycles. The molecule has 1 N–H and O–H groups in total. The van der Waals surface area contributed by atoms with Gasteiger partial charge >= 0.3 is 5.97 Å². The SMILES string of the molecule is O=C(O)CCN(c1ccc(F)cc1F)S(=O)(=O)c1ccc(F)cc1. The number of nitrogens with zero attached hydrogens (tertiary/aromatic N) is 1. The third-order valence-electron chi connectivity index (χ3n) is 3.11. The van der Waals surface area contributed by atoms with Crippen LogP contribution in [0.25, 0.3) is 0 Å². The van der Waals surface area contributed by atoms with Crippen LogP contribution in [-0.2, 0) is 14.8 Å². The fraction of sp³-hybridized carbons (Fsp3) is 0.133. The molecule has 0 aliphatic carbocycles. The van der Waals surface area contributed by atoms with Gasteiger partial charge in [0, 0.05) is 12.6 Å². The van der Waals surface area contributed by atoms with Gasteiger partial charge in [-0.25, -0.2) is 21.6 Å². The van der Waals surface area contributed by atoms with Gasteiger partial charge in [-0.15, -0.1) is 0 Å². The molecule has 0 fully saturated rings. The molecule has 0 aliphatic rings. The van der Waals surface area contributed by atoms with Crippen molar-refractivity contribution >= 4 is 21.7 Å². The Morgan fingerprint density at radius 3 is 2.12 bits per heavy atom. The van der Waals surface area contributed by atoms with Crippen LogP contribution in [0.2, 0.25) is 0 Å². The maximum Gasteiger partial charge on any atom is 0.305 e. The Balaban J connectivity index is 2.52. The minimum absolute atomic E-state index is 0.349. The summed E-state index contributed by atoms with van der Waals surface area (Å²) in [6, 6.07) is 6.00. The molecule has 2 rings (SSSR count). The summed E-state index contributed by atoms with van der Waals surface area (Å²) in [6.45, 7) is -0.572. The van der Waals surface area contributed by atoms with E-state index in [1.54, 1.807) is 0 Å². The molecule has 0 heterocycles. The summed E-state index contributed by atoms with van der Waals surface area (Å²) < 4.78 is 65.8. The highest BCUT2D eigenvalue weighted by Gasteiger charge is 2.27. The van der Waals surface area contributed by atoms with Crippen molar-refractivity contribution in [1.82, 2.24) is 0 Å². The summed E-state index contributed by atoms with van der Waals surface area (Å²) >= 11 is 0. The van der Waals surface area contributed by atoms with E-state index in [9.17, 15) is 26.4 Å². The van der Waals surface area contributed by atoms with Crippen LogP contribution >= 0.6 is 0 Å². The van der Waals surface area contributed by atoms with E-state index in [4.69, 9.17) is 5.11 Å². The maximum absolute atomic E-state index is 14.0. The molecule has 0 aliphatic heterocycles. The lowest BCUT2D eigenvalue weighted by Crippen LogP contribution is -2.33. The van der Waals surface area contributed by atoms with Crippen LogP contribution in [0, 0.1) is 17.5 Å². The quantitative estimate of drug-likeness (QED) is 0.861. The lowest BCUT2D eigenvalue weighted by Gasteiger charge is -2.24. The Morgan fingerprint density at radius 2 is 1.58 bits per heavy atom. The highest BCUT2D eigenvalue weighted by Crippen LogP contribution is 2.27. The van der Waals surface area contributed by atoms with E-state index in [1.807, 2.05) is 0 Å². The highest BCUT2D eigenvalue weighted by atomic mass is 32.2. The number of sulfonamides is 1. The first-order chi connectivity index (χ1) is 11.2. The first kappa shape index (κ1) is 17.8. The van der Waals surface area contributed by atoms with E-state index < -0.39 is 52.1 Å². The van der Waals surface area contributed by atoms with Crippen molar-refractivity contribution < 1.29 is 31.5 Å². The number of carboxylic acid groups (broad SMARTS) is 1. The smallest absolute Gasteiger partial charge is 0.305 e. The fourth-order valence-electron chi connectivity index (χ4n) is 1.98. The minimum Gasteiger partial charge on any atom is -0.481 e. The number of rotatable bonds is 6. The number of hydrogen-bond donors (Lipinski definition) is 1. The standard InChI is InChI=1S/C15H12F3NO4S/c16-10-1-4-12(5-2-10)24(22,23)19(8-7-15(20)21)14-6-3-11(17)9-13(14)18/h1-6,9H,7-8H2,(H,20,21). The number of aliphatic carboxylic acids is 1. The molecule has 0 saturated carbocycles. The first-order valence-electron chi connectivity index (χ1n) is 6.67. The van der Waals surface area contributed by atoms with Crippen LogP contribution in [0.5, 0.6) is 0 Å². The van der Waals surface area contributed by atoms with Crippen LogP contribution in [0.3, 0.4) is 0 Å². The monoisotopic (exact) mass is 359 g/mol. The van der Waals surface area contributed by atoms with Gasteiger partial charge in [0.05, 0.1) is 17.0 Å². The highest BCUT2D eigenvalue weighted by molar-refractivity contribution is 7.92. The van der Waals surface area contributed by atoms with Crippen molar-refractivity contribution in [1.29, 1.82) is 0 Å². The number of carbonyl (C=O) groups is 1. The molecular formula is C15H12F3NO4S. The van der Waals surface area contributed by atoms with E-state index in [2.05, 4.69) is 0 Å². The van der Waals surface area contributed by atoms with E-state index in [1.165, 1.54) is 0 Å². The molecule has 0 unspecified atom stereocenters.